The Kier molecular flexibility index (Phi) is 3.10. The van der Waals surface area contributed by atoms with Crippen molar-refractivity contribution in [2.75, 3.05) is 11.9 Å². The number of anilines is 1. The molecular formula is C9H14N2O2S. The third-order valence-corrected chi connectivity index (χ3v) is 2.22. The minimum absolute atomic E-state index is 0.382. The number of ether oxygens (including phenoxy) is 1. The Hall–Kier alpha value is -1.10. The van der Waals surface area contributed by atoms with Crippen LogP contribution in [0.1, 0.15) is 20.8 Å². The summed E-state index contributed by atoms with van der Waals surface area (Å²) >= 11 is 1.40. The molecule has 0 aliphatic rings. The highest BCUT2D eigenvalue weighted by atomic mass is 32.1. The average molecular weight is 214 g/mol. The van der Waals surface area contributed by atoms with Gasteiger partial charge in [-0.05, 0) is 20.8 Å². The Morgan fingerprint density at radius 2 is 2.21 bits per heavy atom. The fraction of sp³-hybridized carbons (Fsp3) is 0.556. The van der Waals surface area contributed by atoms with Crippen LogP contribution in [0.15, 0.2) is 11.6 Å². The molecule has 0 aliphatic carbocycles. The summed E-state index contributed by atoms with van der Waals surface area (Å²) in [5.74, 6) is 0. The van der Waals surface area contributed by atoms with Gasteiger partial charge in [0.25, 0.3) is 0 Å². The van der Waals surface area contributed by atoms with Crippen molar-refractivity contribution in [1.82, 2.24) is 4.98 Å². The van der Waals surface area contributed by atoms with Crippen LogP contribution in [0.5, 0.6) is 0 Å². The lowest BCUT2D eigenvalue weighted by Gasteiger charge is -2.23. The molecule has 14 heavy (non-hydrogen) atoms. The van der Waals surface area contributed by atoms with Gasteiger partial charge in [-0.3, -0.25) is 4.90 Å². The molecule has 0 N–H and O–H groups in total. The summed E-state index contributed by atoms with van der Waals surface area (Å²) in [7, 11) is 1.65. The van der Waals surface area contributed by atoms with Gasteiger partial charge in [0.2, 0.25) is 0 Å². The molecule has 0 aliphatic heterocycles. The van der Waals surface area contributed by atoms with E-state index in [1.807, 2.05) is 26.2 Å². The second-order valence-electron chi connectivity index (χ2n) is 3.85. The predicted molar refractivity (Wildman–Crippen MR) is 56.8 cm³/mol. The largest absolute Gasteiger partial charge is 0.443 e. The van der Waals surface area contributed by atoms with Crippen molar-refractivity contribution in [3.8, 4) is 0 Å². The fourth-order valence-corrected chi connectivity index (χ4v) is 1.39. The van der Waals surface area contributed by atoms with Gasteiger partial charge in [-0.1, -0.05) is 0 Å². The summed E-state index contributed by atoms with van der Waals surface area (Å²) in [6, 6.07) is 0. The lowest BCUT2D eigenvalue weighted by molar-refractivity contribution is 0.0589. The summed E-state index contributed by atoms with van der Waals surface area (Å²) in [6.45, 7) is 5.50. The minimum Gasteiger partial charge on any atom is -0.443 e. The average Bonchev–Trinajstić information content (AvgIpc) is 2.51. The summed E-state index contributed by atoms with van der Waals surface area (Å²) in [5, 5.41) is 2.45. The number of carbonyl (C=O) groups is 1. The normalized spacial score (nSPS) is 11.1. The fourth-order valence-electron chi connectivity index (χ4n) is 0.790. The van der Waals surface area contributed by atoms with E-state index in [1.165, 1.54) is 16.2 Å². The highest BCUT2D eigenvalue weighted by molar-refractivity contribution is 7.13. The lowest BCUT2D eigenvalue weighted by Crippen LogP contribution is -2.34. The Balaban J connectivity index is 2.63. The number of carbonyl (C=O) groups excluding carboxylic acids is 1. The predicted octanol–water partition coefficient (Wildman–Crippen LogP) is 2.51. The number of amides is 1. The molecule has 0 unspecified atom stereocenters. The highest BCUT2D eigenvalue weighted by Gasteiger charge is 2.21. The van der Waals surface area contributed by atoms with Crippen molar-refractivity contribution in [3.05, 3.63) is 11.6 Å². The summed E-state index contributed by atoms with van der Waals surface area (Å²) in [5.41, 5.74) is -0.470. The standard InChI is InChI=1S/C9H14N2O2S/c1-9(2,3)13-8(12)11(4)7-10-5-6-14-7/h5-6H,1-4H3. The quantitative estimate of drug-likeness (QED) is 0.721. The molecule has 1 aromatic rings. The van der Waals surface area contributed by atoms with Gasteiger partial charge in [0, 0.05) is 18.6 Å². The lowest BCUT2D eigenvalue weighted by atomic mass is 10.2. The molecule has 1 rings (SSSR count). The Morgan fingerprint density at radius 1 is 1.57 bits per heavy atom. The summed E-state index contributed by atoms with van der Waals surface area (Å²) in [6.07, 6.45) is 1.27. The molecule has 0 atom stereocenters. The number of hydrogen-bond donors (Lipinski definition) is 0. The van der Waals surface area contributed by atoms with Gasteiger partial charge in [-0.15, -0.1) is 11.3 Å². The van der Waals surface area contributed by atoms with Gasteiger partial charge in [0.1, 0.15) is 5.60 Å². The van der Waals surface area contributed by atoms with Crippen molar-refractivity contribution < 1.29 is 9.53 Å². The van der Waals surface area contributed by atoms with Gasteiger partial charge >= 0.3 is 6.09 Å². The van der Waals surface area contributed by atoms with Gasteiger partial charge in [-0.25, -0.2) is 9.78 Å². The van der Waals surface area contributed by atoms with E-state index in [4.69, 9.17) is 4.74 Å². The molecular weight excluding hydrogens is 200 g/mol. The van der Waals surface area contributed by atoms with Crippen LogP contribution in [0.25, 0.3) is 0 Å². The number of rotatable bonds is 1. The van der Waals surface area contributed by atoms with Crippen LogP contribution in [-0.4, -0.2) is 23.7 Å². The van der Waals surface area contributed by atoms with Crippen molar-refractivity contribution in [3.63, 3.8) is 0 Å². The van der Waals surface area contributed by atoms with Crippen LogP contribution in [0, 0.1) is 0 Å². The van der Waals surface area contributed by atoms with E-state index < -0.39 is 5.60 Å². The Morgan fingerprint density at radius 3 is 2.64 bits per heavy atom. The third kappa shape index (κ3) is 2.99. The molecule has 0 saturated heterocycles. The Bertz CT molecular complexity index is 303. The maximum atomic E-state index is 11.5. The number of aromatic nitrogens is 1. The topological polar surface area (TPSA) is 42.4 Å². The van der Waals surface area contributed by atoms with E-state index in [0.29, 0.717) is 5.13 Å². The van der Waals surface area contributed by atoms with Crippen molar-refractivity contribution in [2.24, 2.45) is 0 Å². The van der Waals surface area contributed by atoms with E-state index in [0.717, 1.165) is 0 Å². The van der Waals surface area contributed by atoms with Gasteiger partial charge in [0.05, 0.1) is 0 Å². The van der Waals surface area contributed by atoms with E-state index in [9.17, 15) is 4.79 Å². The van der Waals surface area contributed by atoms with E-state index in [-0.39, 0.29) is 6.09 Å². The highest BCUT2D eigenvalue weighted by Crippen LogP contribution is 2.18. The smallest absolute Gasteiger partial charge is 0.416 e. The van der Waals surface area contributed by atoms with E-state index in [1.54, 1.807) is 13.2 Å². The zero-order valence-electron chi connectivity index (χ0n) is 8.77. The first-order valence-corrected chi connectivity index (χ1v) is 5.14. The second kappa shape index (κ2) is 3.96. The number of nitrogens with zero attached hydrogens (tertiary/aromatic N) is 2. The number of hydrogen-bond acceptors (Lipinski definition) is 4. The molecule has 4 nitrogen and oxygen atoms in total. The molecule has 0 saturated carbocycles. The van der Waals surface area contributed by atoms with Crippen LogP contribution in [0.4, 0.5) is 9.93 Å². The summed E-state index contributed by atoms with van der Waals surface area (Å²) in [4.78, 5) is 16.9. The van der Waals surface area contributed by atoms with Crippen molar-refractivity contribution >= 4 is 22.6 Å². The molecule has 0 spiro atoms. The molecule has 0 radical (unpaired) electrons. The van der Waals surface area contributed by atoms with Crippen molar-refractivity contribution in [1.29, 1.82) is 0 Å². The van der Waals surface area contributed by atoms with E-state index in [2.05, 4.69) is 4.98 Å². The Labute approximate surface area is 87.5 Å². The van der Waals surface area contributed by atoms with Crippen LogP contribution in [0.2, 0.25) is 0 Å². The first kappa shape index (κ1) is 11.0. The van der Waals surface area contributed by atoms with Crippen LogP contribution < -0.4 is 4.90 Å². The molecule has 0 bridgehead atoms. The first-order valence-electron chi connectivity index (χ1n) is 4.26. The number of thiazole rings is 1. The second-order valence-corrected chi connectivity index (χ2v) is 4.73. The SMILES string of the molecule is CN(C(=O)OC(C)(C)C)c1nccs1. The molecule has 1 aromatic heterocycles. The molecule has 1 heterocycles. The van der Waals surface area contributed by atoms with Gasteiger partial charge in [-0.2, -0.15) is 0 Å². The molecule has 0 aromatic carbocycles. The molecule has 1 amide bonds. The van der Waals surface area contributed by atoms with Crippen LogP contribution in [-0.2, 0) is 4.74 Å². The van der Waals surface area contributed by atoms with Crippen molar-refractivity contribution in [2.45, 2.75) is 26.4 Å². The van der Waals surface area contributed by atoms with Gasteiger partial charge < -0.3 is 4.74 Å². The molecule has 78 valence electrons. The first-order chi connectivity index (χ1) is 6.40. The zero-order chi connectivity index (χ0) is 10.8. The third-order valence-electron chi connectivity index (χ3n) is 1.37. The zero-order valence-corrected chi connectivity index (χ0v) is 9.59. The summed E-state index contributed by atoms with van der Waals surface area (Å²) < 4.78 is 5.18. The monoisotopic (exact) mass is 214 g/mol. The van der Waals surface area contributed by atoms with Gasteiger partial charge in [0.15, 0.2) is 5.13 Å². The maximum absolute atomic E-state index is 11.5. The molecule has 0 fully saturated rings. The van der Waals surface area contributed by atoms with E-state index >= 15 is 0 Å². The molecule has 5 heteroatoms. The van der Waals surface area contributed by atoms with Crippen LogP contribution >= 0.6 is 11.3 Å². The maximum Gasteiger partial charge on any atom is 0.416 e. The van der Waals surface area contributed by atoms with Crippen LogP contribution in [0.3, 0.4) is 0 Å². The minimum atomic E-state index is -0.470.